The van der Waals surface area contributed by atoms with Crippen molar-refractivity contribution in [1.82, 2.24) is 14.5 Å². The van der Waals surface area contributed by atoms with Gasteiger partial charge in [-0.25, -0.2) is 4.98 Å². The summed E-state index contributed by atoms with van der Waals surface area (Å²) < 4.78 is 7.34. The summed E-state index contributed by atoms with van der Waals surface area (Å²) in [5, 5.41) is 0. The van der Waals surface area contributed by atoms with Gasteiger partial charge in [0.05, 0.1) is 18.1 Å². The van der Waals surface area contributed by atoms with Crippen molar-refractivity contribution in [2.75, 3.05) is 45.2 Å². The van der Waals surface area contributed by atoms with Crippen LogP contribution in [0.4, 0.5) is 5.69 Å². The Morgan fingerprint density at radius 3 is 2.33 bits per heavy atom. The third kappa shape index (κ3) is 2.71. The SMILES string of the molecule is COc1ccc(-n2cnc3cc(N4CCN(C)CC4)ccc32)cc1. The fourth-order valence-corrected chi connectivity index (χ4v) is 3.21. The first-order chi connectivity index (χ1) is 11.7. The van der Waals surface area contributed by atoms with E-state index in [0.717, 1.165) is 48.6 Å². The molecule has 0 bridgehead atoms. The molecule has 1 saturated heterocycles. The molecular weight excluding hydrogens is 300 g/mol. The number of methoxy groups -OCH3 is 1. The maximum atomic E-state index is 5.23. The lowest BCUT2D eigenvalue weighted by Gasteiger charge is -2.34. The number of nitrogens with zero attached hydrogens (tertiary/aromatic N) is 4. The van der Waals surface area contributed by atoms with Crippen LogP contribution in [0.1, 0.15) is 0 Å². The minimum Gasteiger partial charge on any atom is -0.497 e. The first kappa shape index (κ1) is 15.0. The normalized spacial score (nSPS) is 15.8. The van der Waals surface area contributed by atoms with Crippen LogP contribution in [0, 0.1) is 0 Å². The lowest BCUT2D eigenvalue weighted by molar-refractivity contribution is 0.313. The third-order valence-electron chi connectivity index (χ3n) is 4.75. The second-order valence-electron chi connectivity index (χ2n) is 6.28. The number of benzene rings is 2. The Hall–Kier alpha value is -2.53. The smallest absolute Gasteiger partial charge is 0.119 e. The molecule has 2 aromatic carbocycles. The minimum atomic E-state index is 0.862. The Balaban J connectivity index is 1.65. The first-order valence-electron chi connectivity index (χ1n) is 8.29. The van der Waals surface area contributed by atoms with Gasteiger partial charge in [-0.05, 0) is 49.5 Å². The molecule has 1 fully saturated rings. The minimum absolute atomic E-state index is 0.862. The molecule has 2 heterocycles. The quantitative estimate of drug-likeness (QED) is 0.742. The van der Waals surface area contributed by atoms with Crippen molar-refractivity contribution in [3.05, 3.63) is 48.8 Å². The molecule has 4 rings (SSSR count). The molecular formula is C19H22N4O. The summed E-state index contributed by atoms with van der Waals surface area (Å²) in [5.41, 5.74) is 4.50. The molecule has 0 N–H and O–H groups in total. The number of hydrogen-bond donors (Lipinski definition) is 0. The zero-order valence-electron chi connectivity index (χ0n) is 14.1. The van der Waals surface area contributed by atoms with Crippen LogP contribution in [-0.4, -0.2) is 54.8 Å². The number of rotatable bonds is 3. The Morgan fingerprint density at radius 2 is 1.62 bits per heavy atom. The molecule has 0 atom stereocenters. The van der Waals surface area contributed by atoms with Crippen LogP contribution >= 0.6 is 0 Å². The van der Waals surface area contributed by atoms with E-state index in [-0.39, 0.29) is 0 Å². The van der Waals surface area contributed by atoms with Crippen LogP contribution in [0.15, 0.2) is 48.8 Å². The lowest BCUT2D eigenvalue weighted by atomic mass is 10.2. The highest BCUT2D eigenvalue weighted by molar-refractivity contribution is 5.81. The summed E-state index contributed by atoms with van der Waals surface area (Å²) in [6.45, 7) is 4.36. The van der Waals surface area contributed by atoms with Crippen molar-refractivity contribution >= 4 is 16.7 Å². The number of likely N-dealkylation sites (N-methyl/N-ethyl adjacent to an activating group) is 1. The average molecular weight is 322 g/mol. The second kappa shape index (κ2) is 6.17. The fraction of sp³-hybridized carbons (Fsp3) is 0.316. The van der Waals surface area contributed by atoms with E-state index in [9.17, 15) is 0 Å². The Labute approximate surface area is 142 Å². The summed E-state index contributed by atoms with van der Waals surface area (Å²) in [7, 11) is 3.86. The highest BCUT2D eigenvalue weighted by atomic mass is 16.5. The number of aromatic nitrogens is 2. The van der Waals surface area contributed by atoms with Gasteiger partial charge < -0.3 is 14.5 Å². The summed E-state index contributed by atoms with van der Waals surface area (Å²) in [5.74, 6) is 0.862. The van der Waals surface area contributed by atoms with E-state index in [1.54, 1.807) is 7.11 Å². The second-order valence-corrected chi connectivity index (χ2v) is 6.28. The van der Waals surface area contributed by atoms with Crippen LogP contribution < -0.4 is 9.64 Å². The van der Waals surface area contributed by atoms with Crippen molar-refractivity contribution in [3.8, 4) is 11.4 Å². The molecule has 0 saturated carbocycles. The van der Waals surface area contributed by atoms with Gasteiger partial charge >= 0.3 is 0 Å². The monoisotopic (exact) mass is 322 g/mol. The Morgan fingerprint density at radius 1 is 0.917 bits per heavy atom. The summed E-state index contributed by atoms with van der Waals surface area (Å²) in [6, 6.07) is 14.6. The largest absolute Gasteiger partial charge is 0.497 e. The molecule has 24 heavy (non-hydrogen) atoms. The fourth-order valence-electron chi connectivity index (χ4n) is 3.21. The van der Waals surface area contributed by atoms with E-state index in [4.69, 9.17) is 4.74 Å². The molecule has 0 aliphatic carbocycles. The average Bonchev–Trinajstić information content (AvgIpc) is 3.05. The molecule has 1 aliphatic rings. The molecule has 1 aliphatic heterocycles. The van der Waals surface area contributed by atoms with Crippen LogP contribution in [0.5, 0.6) is 5.75 Å². The van der Waals surface area contributed by atoms with Gasteiger partial charge in [0.2, 0.25) is 0 Å². The lowest BCUT2D eigenvalue weighted by Crippen LogP contribution is -2.44. The molecule has 1 aromatic heterocycles. The van der Waals surface area contributed by atoms with Crippen LogP contribution in [-0.2, 0) is 0 Å². The van der Waals surface area contributed by atoms with Crippen molar-refractivity contribution in [1.29, 1.82) is 0 Å². The van der Waals surface area contributed by atoms with Crippen molar-refractivity contribution < 1.29 is 4.74 Å². The van der Waals surface area contributed by atoms with E-state index in [1.165, 1.54) is 5.69 Å². The van der Waals surface area contributed by atoms with Gasteiger partial charge in [-0.2, -0.15) is 0 Å². The van der Waals surface area contributed by atoms with Crippen LogP contribution in [0.2, 0.25) is 0 Å². The number of piperazine rings is 1. The number of imidazole rings is 1. The van der Waals surface area contributed by atoms with Crippen molar-refractivity contribution in [2.24, 2.45) is 0 Å². The van der Waals surface area contributed by atoms with Crippen LogP contribution in [0.25, 0.3) is 16.7 Å². The molecule has 5 nitrogen and oxygen atoms in total. The molecule has 3 aromatic rings. The Kier molecular flexibility index (Phi) is 3.86. The van der Waals surface area contributed by atoms with Crippen molar-refractivity contribution in [3.63, 3.8) is 0 Å². The van der Waals surface area contributed by atoms with E-state index in [2.05, 4.69) is 44.6 Å². The first-order valence-corrected chi connectivity index (χ1v) is 8.29. The van der Waals surface area contributed by atoms with E-state index >= 15 is 0 Å². The van der Waals surface area contributed by atoms with Gasteiger partial charge in [0.25, 0.3) is 0 Å². The van der Waals surface area contributed by atoms with Crippen LogP contribution in [0.3, 0.4) is 0 Å². The van der Waals surface area contributed by atoms with E-state index in [1.807, 2.05) is 30.6 Å². The highest BCUT2D eigenvalue weighted by Gasteiger charge is 2.15. The predicted octanol–water partition coefficient (Wildman–Crippen LogP) is 2.79. The van der Waals surface area contributed by atoms with E-state index in [0.29, 0.717) is 0 Å². The van der Waals surface area contributed by atoms with Gasteiger partial charge in [-0.1, -0.05) is 0 Å². The Bertz CT molecular complexity index is 832. The van der Waals surface area contributed by atoms with E-state index < -0.39 is 0 Å². The number of ether oxygens (including phenoxy) is 1. The van der Waals surface area contributed by atoms with Gasteiger partial charge in [-0.15, -0.1) is 0 Å². The molecule has 0 unspecified atom stereocenters. The molecule has 5 heteroatoms. The van der Waals surface area contributed by atoms with Crippen molar-refractivity contribution in [2.45, 2.75) is 0 Å². The van der Waals surface area contributed by atoms with Gasteiger partial charge in [0.15, 0.2) is 0 Å². The molecule has 0 amide bonds. The summed E-state index contributed by atoms with van der Waals surface area (Å²) >= 11 is 0. The van der Waals surface area contributed by atoms with Gasteiger partial charge in [0.1, 0.15) is 12.1 Å². The molecule has 0 spiro atoms. The zero-order valence-corrected chi connectivity index (χ0v) is 14.1. The summed E-state index contributed by atoms with van der Waals surface area (Å²) in [4.78, 5) is 9.41. The number of hydrogen-bond acceptors (Lipinski definition) is 4. The predicted molar refractivity (Wildman–Crippen MR) is 97.3 cm³/mol. The maximum absolute atomic E-state index is 5.23. The van der Waals surface area contributed by atoms with Gasteiger partial charge in [-0.3, -0.25) is 4.57 Å². The van der Waals surface area contributed by atoms with Gasteiger partial charge in [0, 0.05) is 37.6 Å². The zero-order chi connectivity index (χ0) is 16.5. The highest BCUT2D eigenvalue weighted by Crippen LogP contribution is 2.25. The third-order valence-corrected chi connectivity index (χ3v) is 4.75. The maximum Gasteiger partial charge on any atom is 0.119 e. The topological polar surface area (TPSA) is 33.5 Å². The summed E-state index contributed by atoms with van der Waals surface area (Å²) in [6.07, 6.45) is 1.89. The molecule has 0 radical (unpaired) electrons. The number of anilines is 1. The number of fused-ring (bicyclic) bond motifs is 1. The standard InChI is InChI=1S/C19H22N4O/c1-21-9-11-22(12-10-21)16-5-8-19-18(13-16)20-14-23(19)15-3-6-17(24-2)7-4-15/h3-8,13-14H,9-12H2,1-2H3. The molecule has 124 valence electrons.